The van der Waals surface area contributed by atoms with Crippen molar-refractivity contribution in [1.29, 1.82) is 0 Å². The molecule has 0 saturated heterocycles. The van der Waals surface area contributed by atoms with Crippen LogP contribution in [0, 0.1) is 17.0 Å². The molecule has 0 aliphatic heterocycles. The molecule has 0 fully saturated rings. The standard InChI is InChI=1S/C15H20F2N2O2/c1-15(2,3)14(21)18-8-13(20)19(4)9-10-5-6-11(16)7-12(10)17/h5-7H,8-9H2,1-4H3,(H,18,21). The quantitative estimate of drug-likeness (QED) is 0.925. The molecule has 21 heavy (non-hydrogen) atoms. The van der Waals surface area contributed by atoms with E-state index in [2.05, 4.69) is 5.32 Å². The summed E-state index contributed by atoms with van der Waals surface area (Å²) in [7, 11) is 1.49. The highest BCUT2D eigenvalue weighted by molar-refractivity contribution is 5.87. The van der Waals surface area contributed by atoms with Crippen molar-refractivity contribution in [2.45, 2.75) is 27.3 Å². The van der Waals surface area contributed by atoms with E-state index >= 15 is 0 Å². The summed E-state index contributed by atoms with van der Waals surface area (Å²) in [6.45, 7) is 5.07. The van der Waals surface area contributed by atoms with Gasteiger partial charge in [-0.05, 0) is 6.07 Å². The third-order valence-electron chi connectivity index (χ3n) is 2.93. The Kier molecular flexibility index (Phi) is 5.41. The van der Waals surface area contributed by atoms with E-state index in [0.29, 0.717) is 0 Å². The highest BCUT2D eigenvalue weighted by atomic mass is 19.1. The van der Waals surface area contributed by atoms with Crippen LogP contribution >= 0.6 is 0 Å². The normalized spacial score (nSPS) is 11.1. The van der Waals surface area contributed by atoms with Crippen molar-refractivity contribution >= 4 is 11.8 Å². The first kappa shape index (κ1) is 17.1. The number of nitrogens with one attached hydrogen (secondary N) is 1. The maximum atomic E-state index is 13.5. The summed E-state index contributed by atoms with van der Waals surface area (Å²) in [5.74, 6) is -1.95. The topological polar surface area (TPSA) is 49.4 Å². The van der Waals surface area contributed by atoms with Crippen molar-refractivity contribution in [3.63, 3.8) is 0 Å². The van der Waals surface area contributed by atoms with Crippen LogP contribution in [0.25, 0.3) is 0 Å². The van der Waals surface area contributed by atoms with E-state index in [0.717, 1.165) is 12.1 Å². The number of rotatable bonds is 4. The van der Waals surface area contributed by atoms with Crippen molar-refractivity contribution in [3.05, 3.63) is 35.4 Å². The van der Waals surface area contributed by atoms with Crippen LogP contribution in [-0.2, 0) is 16.1 Å². The molecule has 0 aliphatic carbocycles. The minimum absolute atomic E-state index is 0.0103. The van der Waals surface area contributed by atoms with Gasteiger partial charge in [-0.2, -0.15) is 0 Å². The Balaban J connectivity index is 2.57. The van der Waals surface area contributed by atoms with E-state index < -0.39 is 17.0 Å². The molecule has 0 unspecified atom stereocenters. The molecule has 1 rings (SSSR count). The van der Waals surface area contributed by atoms with Crippen LogP contribution in [-0.4, -0.2) is 30.3 Å². The summed E-state index contributed by atoms with van der Waals surface area (Å²) < 4.78 is 26.3. The molecule has 0 saturated carbocycles. The van der Waals surface area contributed by atoms with E-state index in [4.69, 9.17) is 0 Å². The minimum atomic E-state index is -0.701. The van der Waals surface area contributed by atoms with E-state index in [9.17, 15) is 18.4 Å². The van der Waals surface area contributed by atoms with Crippen molar-refractivity contribution < 1.29 is 18.4 Å². The molecule has 116 valence electrons. The maximum absolute atomic E-state index is 13.5. The zero-order chi connectivity index (χ0) is 16.2. The number of carbonyl (C=O) groups is 2. The van der Waals surface area contributed by atoms with Crippen molar-refractivity contribution in [2.24, 2.45) is 5.41 Å². The molecule has 0 aromatic heterocycles. The second kappa shape index (κ2) is 6.65. The van der Waals surface area contributed by atoms with Gasteiger partial charge in [-0.25, -0.2) is 8.78 Å². The highest BCUT2D eigenvalue weighted by Crippen LogP contribution is 2.13. The molecule has 0 aliphatic rings. The second-order valence-corrected chi connectivity index (χ2v) is 5.92. The number of likely N-dealkylation sites (N-methyl/N-ethyl adjacent to an activating group) is 1. The maximum Gasteiger partial charge on any atom is 0.242 e. The van der Waals surface area contributed by atoms with Gasteiger partial charge in [-0.1, -0.05) is 26.8 Å². The molecule has 0 spiro atoms. The fraction of sp³-hybridized carbons (Fsp3) is 0.467. The number of carbonyl (C=O) groups excluding carboxylic acids is 2. The molecule has 1 aromatic rings. The summed E-state index contributed by atoms with van der Waals surface area (Å²) in [4.78, 5) is 24.8. The summed E-state index contributed by atoms with van der Waals surface area (Å²) in [6, 6.07) is 3.20. The zero-order valence-corrected chi connectivity index (χ0v) is 12.7. The van der Waals surface area contributed by atoms with Crippen LogP contribution in [0.5, 0.6) is 0 Å². The van der Waals surface area contributed by atoms with Gasteiger partial charge in [0.25, 0.3) is 0 Å². The van der Waals surface area contributed by atoms with Gasteiger partial charge in [0.1, 0.15) is 11.6 Å². The molecule has 1 aromatic carbocycles. The Bertz CT molecular complexity index is 539. The lowest BCUT2D eigenvalue weighted by atomic mass is 9.96. The Morgan fingerprint density at radius 1 is 1.24 bits per heavy atom. The van der Waals surface area contributed by atoms with E-state index in [1.807, 2.05) is 0 Å². The number of benzene rings is 1. The second-order valence-electron chi connectivity index (χ2n) is 5.92. The Morgan fingerprint density at radius 2 is 1.86 bits per heavy atom. The number of halogens is 2. The number of amides is 2. The zero-order valence-electron chi connectivity index (χ0n) is 12.7. The summed E-state index contributed by atoms with van der Waals surface area (Å²) in [5, 5.41) is 2.53. The lowest BCUT2D eigenvalue weighted by Crippen LogP contribution is -2.42. The fourth-order valence-corrected chi connectivity index (χ4v) is 1.55. The number of hydrogen-bond donors (Lipinski definition) is 1. The number of hydrogen-bond acceptors (Lipinski definition) is 2. The van der Waals surface area contributed by atoms with Gasteiger partial charge in [0.2, 0.25) is 11.8 Å². The highest BCUT2D eigenvalue weighted by Gasteiger charge is 2.22. The van der Waals surface area contributed by atoms with E-state index in [1.54, 1.807) is 20.8 Å². The van der Waals surface area contributed by atoms with Crippen LogP contribution < -0.4 is 5.32 Å². The van der Waals surface area contributed by atoms with Crippen LogP contribution in [0.4, 0.5) is 8.78 Å². The van der Waals surface area contributed by atoms with Gasteiger partial charge in [-0.15, -0.1) is 0 Å². The third kappa shape index (κ3) is 5.13. The first-order valence-corrected chi connectivity index (χ1v) is 6.57. The predicted octanol–water partition coefficient (Wildman–Crippen LogP) is 2.09. The molecule has 1 N–H and O–H groups in total. The summed E-state index contributed by atoms with van der Waals surface area (Å²) in [5.41, 5.74) is -0.364. The molecule has 2 amide bonds. The van der Waals surface area contributed by atoms with Crippen molar-refractivity contribution in [3.8, 4) is 0 Å². The molecule has 0 heterocycles. The predicted molar refractivity (Wildman–Crippen MR) is 75.3 cm³/mol. The van der Waals surface area contributed by atoms with E-state index in [1.165, 1.54) is 18.0 Å². The van der Waals surface area contributed by atoms with Crippen molar-refractivity contribution in [2.75, 3.05) is 13.6 Å². The van der Waals surface area contributed by atoms with Crippen LogP contribution in [0.15, 0.2) is 18.2 Å². The lowest BCUT2D eigenvalue weighted by Gasteiger charge is -2.21. The first-order valence-electron chi connectivity index (χ1n) is 6.57. The monoisotopic (exact) mass is 298 g/mol. The molecule has 6 heteroatoms. The fourth-order valence-electron chi connectivity index (χ4n) is 1.55. The molecule has 0 atom stereocenters. The largest absolute Gasteiger partial charge is 0.347 e. The van der Waals surface area contributed by atoms with Gasteiger partial charge in [0, 0.05) is 30.6 Å². The van der Waals surface area contributed by atoms with Gasteiger partial charge in [0.15, 0.2) is 0 Å². The van der Waals surface area contributed by atoms with Gasteiger partial charge < -0.3 is 10.2 Å². The summed E-state index contributed by atoms with van der Waals surface area (Å²) in [6.07, 6.45) is 0. The first-order chi connectivity index (χ1) is 9.61. The van der Waals surface area contributed by atoms with Gasteiger partial charge in [0.05, 0.1) is 6.54 Å². The van der Waals surface area contributed by atoms with Crippen LogP contribution in [0.2, 0.25) is 0 Å². The molecular weight excluding hydrogens is 278 g/mol. The van der Waals surface area contributed by atoms with E-state index in [-0.39, 0.29) is 30.5 Å². The Morgan fingerprint density at radius 3 is 2.38 bits per heavy atom. The molecule has 4 nitrogen and oxygen atoms in total. The average Bonchev–Trinajstić information content (AvgIpc) is 2.37. The average molecular weight is 298 g/mol. The smallest absolute Gasteiger partial charge is 0.242 e. The van der Waals surface area contributed by atoms with Gasteiger partial charge >= 0.3 is 0 Å². The third-order valence-corrected chi connectivity index (χ3v) is 2.93. The van der Waals surface area contributed by atoms with Gasteiger partial charge in [-0.3, -0.25) is 9.59 Å². The lowest BCUT2D eigenvalue weighted by molar-refractivity contribution is -0.134. The Hall–Kier alpha value is -1.98. The number of nitrogens with zero attached hydrogens (tertiary/aromatic N) is 1. The van der Waals surface area contributed by atoms with Crippen LogP contribution in [0.3, 0.4) is 0 Å². The minimum Gasteiger partial charge on any atom is -0.347 e. The molecular formula is C15H20F2N2O2. The SMILES string of the molecule is CN(Cc1ccc(F)cc1F)C(=O)CNC(=O)C(C)(C)C. The van der Waals surface area contributed by atoms with Crippen LogP contribution in [0.1, 0.15) is 26.3 Å². The van der Waals surface area contributed by atoms with Crippen molar-refractivity contribution in [1.82, 2.24) is 10.2 Å². The Labute approximate surface area is 123 Å². The summed E-state index contributed by atoms with van der Waals surface area (Å²) >= 11 is 0. The molecule has 0 radical (unpaired) electrons. The molecule has 0 bridgehead atoms.